The maximum Gasteiger partial charge on any atom is 0.230 e. The summed E-state index contributed by atoms with van der Waals surface area (Å²) in [5.41, 5.74) is 1.32. The van der Waals surface area contributed by atoms with Crippen LogP contribution in [0.5, 0.6) is 0 Å². The summed E-state index contributed by atoms with van der Waals surface area (Å²) >= 11 is 1.42. The standard InChI is InChI=1S/C22H31N5OS/c28-21(23-19-12-13-27(15-19)14-18-8-2-1-3-9-18)16-29-22-24-20(25-26-22)11-10-17-6-4-5-7-17/h1-3,8-9,17,19H,4-7,10-16H2,(H,23,28)(H,24,25,26)/t19-/m0/s1. The number of aryl methyl sites for hydroxylation is 1. The van der Waals surface area contributed by atoms with Gasteiger partial charge in [-0.1, -0.05) is 67.8 Å². The number of carbonyl (C=O) groups excluding carboxylic acids is 1. The van der Waals surface area contributed by atoms with E-state index in [0.717, 1.165) is 44.2 Å². The summed E-state index contributed by atoms with van der Waals surface area (Å²) in [4.78, 5) is 19.3. The van der Waals surface area contributed by atoms with Gasteiger partial charge in [-0.2, -0.15) is 0 Å². The lowest BCUT2D eigenvalue weighted by Gasteiger charge is -2.16. The number of amides is 1. The van der Waals surface area contributed by atoms with Gasteiger partial charge in [0.25, 0.3) is 0 Å². The Labute approximate surface area is 177 Å². The fourth-order valence-corrected chi connectivity index (χ4v) is 5.06. The van der Waals surface area contributed by atoms with Crippen molar-refractivity contribution in [3.8, 4) is 0 Å². The fraction of sp³-hybridized carbons (Fsp3) is 0.591. The Kier molecular flexibility index (Phi) is 7.22. The Morgan fingerprint density at radius 2 is 2.03 bits per heavy atom. The number of carbonyl (C=O) groups is 1. The minimum absolute atomic E-state index is 0.0684. The molecule has 6 nitrogen and oxygen atoms in total. The molecule has 1 amide bonds. The molecule has 2 heterocycles. The largest absolute Gasteiger partial charge is 0.351 e. The van der Waals surface area contributed by atoms with E-state index in [1.54, 1.807) is 0 Å². The van der Waals surface area contributed by atoms with E-state index in [-0.39, 0.29) is 11.9 Å². The van der Waals surface area contributed by atoms with Crippen molar-refractivity contribution in [2.75, 3.05) is 18.8 Å². The molecule has 0 unspecified atom stereocenters. The third-order valence-electron chi connectivity index (χ3n) is 5.99. The molecular formula is C22H31N5OS. The molecule has 2 aromatic rings. The highest BCUT2D eigenvalue weighted by atomic mass is 32.2. The Hall–Kier alpha value is -1.86. The van der Waals surface area contributed by atoms with E-state index in [2.05, 4.69) is 49.7 Å². The molecule has 2 N–H and O–H groups in total. The van der Waals surface area contributed by atoms with Gasteiger partial charge in [-0.15, -0.1) is 5.10 Å². The fourth-order valence-electron chi connectivity index (χ4n) is 4.43. The normalized spacial score (nSPS) is 20.3. The van der Waals surface area contributed by atoms with Crippen LogP contribution in [-0.4, -0.2) is 50.9 Å². The van der Waals surface area contributed by atoms with Crippen molar-refractivity contribution >= 4 is 17.7 Å². The minimum atomic E-state index is 0.0684. The minimum Gasteiger partial charge on any atom is -0.351 e. The molecule has 156 valence electrons. The summed E-state index contributed by atoms with van der Waals surface area (Å²) in [5, 5.41) is 11.1. The number of hydrogen-bond acceptors (Lipinski definition) is 5. The van der Waals surface area contributed by atoms with Gasteiger partial charge in [-0.3, -0.25) is 14.8 Å². The predicted octanol–water partition coefficient (Wildman–Crippen LogP) is 3.41. The first-order valence-electron chi connectivity index (χ1n) is 10.8. The Morgan fingerprint density at radius 1 is 1.21 bits per heavy atom. The van der Waals surface area contributed by atoms with E-state index in [0.29, 0.717) is 10.9 Å². The first kappa shape index (κ1) is 20.4. The highest BCUT2D eigenvalue weighted by Crippen LogP contribution is 2.28. The van der Waals surface area contributed by atoms with Gasteiger partial charge < -0.3 is 5.32 Å². The van der Waals surface area contributed by atoms with Gasteiger partial charge in [-0.05, 0) is 24.3 Å². The number of rotatable bonds is 9. The van der Waals surface area contributed by atoms with Crippen molar-refractivity contribution in [3.63, 3.8) is 0 Å². The molecule has 29 heavy (non-hydrogen) atoms. The summed E-state index contributed by atoms with van der Waals surface area (Å²) < 4.78 is 0. The van der Waals surface area contributed by atoms with E-state index < -0.39 is 0 Å². The average Bonchev–Trinajstić information content (AvgIpc) is 3.48. The topological polar surface area (TPSA) is 73.9 Å². The molecule has 2 aliphatic rings. The molecule has 1 aliphatic heterocycles. The lowest BCUT2D eigenvalue weighted by molar-refractivity contribution is -0.119. The summed E-state index contributed by atoms with van der Waals surface area (Å²) in [6.45, 7) is 2.89. The number of nitrogens with zero attached hydrogens (tertiary/aromatic N) is 3. The van der Waals surface area contributed by atoms with E-state index in [1.165, 1.54) is 49.4 Å². The van der Waals surface area contributed by atoms with Gasteiger partial charge >= 0.3 is 0 Å². The first-order chi connectivity index (χ1) is 14.2. The number of nitrogens with one attached hydrogen (secondary N) is 2. The Balaban J connectivity index is 1.14. The molecule has 1 saturated heterocycles. The van der Waals surface area contributed by atoms with Gasteiger partial charge in [0.15, 0.2) is 0 Å². The Morgan fingerprint density at radius 3 is 2.86 bits per heavy atom. The third kappa shape index (κ3) is 6.31. The van der Waals surface area contributed by atoms with Crippen LogP contribution >= 0.6 is 11.8 Å². The molecule has 1 aliphatic carbocycles. The number of hydrogen-bond donors (Lipinski definition) is 2. The average molecular weight is 414 g/mol. The second kappa shape index (κ2) is 10.3. The molecule has 1 saturated carbocycles. The number of aromatic nitrogens is 3. The van der Waals surface area contributed by atoms with Crippen molar-refractivity contribution < 1.29 is 4.79 Å². The molecule has 0 spiro atoms. The van der Waals surface area contributed by atoms with Crippen molar-refractivity contribution in [1.82, 2.24) is 25.4 Å². The van der Waals surface area contributed by atoms with Crippen LogP contribution in [0, 0.1) is 5.92 Å². The van der Waals surface area contributed by atoms with Crippen LogP contribution in [0.2, 0.25) is 0 Å². The third-order valence-corrected chi connectivity index (χ3v) is 6.84. The zero-order valence-corrected chi connectivity index (χ0v) is 17.8. The molecule has 4 rings (SSSR count). The monoisotopic (exact) mass is 413 g/mol. The smallest absolute Gasteiger partial charge is 0.230 e. The zero-order chi connectivity index (χ0) is 19.9. The van der Waals surface area contributed by atoms with Gasteiger partial charge in [0.2, 0.25) is 11.1 Å². The SMILES string of the molecule is O=C(CSc1n[nH]c(CCC2CCCC2)n1)N[C@H]1CCN(Cc2ccccc2)C1. The number of H-pyrrole nitrogens is 1. The molecule has 0 bridgehead atoms. The number of likely N-dealkylation sites (tertiary alicyclic amines) is 1. The lowest BCUT2D eigenvalue weighted by atomic mass is 10.0. The maximum atomic E-state index is 12.3. The maximum absolute atomic E-state index is 12.3. The summed E-state index contributed by atoms with van der Waals surface area (Å²) in [7, 11) is 0. The molecule has 1 atom stereocenters. The molecule has 7 heteroatoms. The van der Waals surface area contributed by atoms with E-state index >= 15 is 0 Å². The van der Waals surface area contributed by atoms with Crippen LogP contribution in [0.15, 0.2) is 35.5 Å². The van der Waals surface area contributed by atoms with Crippen molar-refractivity contribution in [1.29, 1.82) is 0 Å². The number of benzene rings is 1. The highest BCUT2D eigenvalue weighted by molar-refractivity contribution is 7.99. The molecule has 2 fully saturated rings. The zero-order valence-electron chi connectivity index (χ0n) is 17.0. The number of aromatic amines is 1. The molecular weight excluding hydrogens is 382 g/mol. The van der Waals surface area contributed by atoms with E-state index in [4.69, 9.17) is 0 Å². The molecule has 1 aromatic carbocycles. The van der Waals surface area contributed by atoms with Gasteiger partial charge in [-0.25, -0.2) is 4.98 Å². The molecule has 1 aromatic heterocycles. The van der Waals surface area contributed by atoms with Crippen LogP contribution in [0.4, 0.5) is 0 Å². The van der Waals surface area contributed by atoms with Crippen molar-refractivity contribution in [3.05, 3.63) is 41.7 Å². The second-order valence-corrected chi connectivity index (χ2v) is 9.26. The van der Waals surface area contributed by atoms with Crippen molar-refractivity contribution in [2.45, 2.75) is 62.7 Å². The van der Waals surface area contributed by atoms with Gasteiger partial charge in [0.05, 0.1) is 5.75 Å². The summed E-state index contributed by atoms with van der Waals surface area (Å²) in [6, 6.07) is 10.7. The summed E-state index contributed by atoms with van der Waals surface area (Å²) in [5.74, 6) is 2.25. The van der Waals surface area contributed by atoms with E-state index in [1.807, 2.05) is 6.07 Å². The lowest BCUT2D eigenvalue weighted by Crippen LogP contribution is -2.38. The van der Waals surface area contributed by atoms with Crippen LogP contribution in [0.3, 0.4) is 0 Å². The Bertz CT molecular complexity index is 775. The molecule has 0 radical (unpaired) electrons. The first-order valence-corrected chi connectivity index (χ1v) is 11.8. The van der Waals surface area contributed by atoms with Crippen LogP contribution < -0.4 is 5.32 Å². The number of thioether (sulfide) groups is 1. The second-order valence-electron chi connectivity index (χ2n) is 8.32. The summed E-state index contributed by atoms with van der Waals surface area (Å²) in [6.07, 6.45) is 8.64. The van der Waals surface area contributed by atoms with Crippen LogP contribution in [0.25, 0.3) is 0 Å². The predicted molar refractivity (Wildman–Crippen MR) is 116 cm³/mol. The highest BCUT2D eigenvalue weighted by Gasteiger charge is 2.24. The van der Waals surface area contributed by atoms with Crippen LogP contribution in [0.1, 0.15) is 49.9 Å². The quantitative estimate of drug-likeness (QED) is 0.616. The van der Waals surface area contributed by atoms with Crippen molar-refractivity contribution in [2.24, 2.45) is 5.92 Å². The van der Waals surface area contributed by atoms with Gasteiger partial charge in [0, 0.05) is 32.1 Å². The van der Waals surface area contributed by atoms with Crippen LogP contribution in [-0.2, 0) is 17.8 Å². The van der Waals surface area contributed by atoms with Gasteiger partial charge in [0.1, 0.15) is 5.82 Å². The van der Waals surface area contributed by atoms with E-state index in [9.17, 15) is 4.79 Å².